The Bertz CT molecular complexity index is 192. The lowest BCUT2D eigenvalue weighted by atomic mass is 9.72. The minimum Gasteiger partial charge on any atom is -0.306 e. The van der Waals surface area contributed by atoms with Crippen molar-refractivity contribution in [2.24, 2.45) is 5.41 Å². The van der Waals surface area contributed by atoms with Gasteiger partial charge in [-0.1, -0.05) is 6.42 Å². The predicted molar refractivity (Wildman–Crippen MR) is 37.5 cm³/mol. The van der Waals surface area contributed by atoms with Crippen LogP contribution in [0, 0.1) is 16.7 Å². The molecule has 1 saturated carbocycles. The summed E-state index contributed by atoms with van der Waals surface area (Å²) in [5.74, 6) is 0.128. The lowest BCUT2D eigenvalue weighted by Gasteiger charge is -2.33. The van der Waals surface area contributed by atoms with Gasteiger partial charge in [0.1, 0.15) is 0 Å². The van der Waals surface area contributed by atoms with Gasteiger partial charge in [-0.05, 0) is 12.8 Å². The summed E-state index contributed by atoms with van der Waals surface area (Å²) in [5.41, 5.74) is -0.459. The summed E-state index contributed by atoms with van der Waals surface area (Å²) < 4.78 is 18.8. The maximum absolute atomic E-state index is 10.3. The van der Waals surface area contributed by atoms with E-state index in [4.69, 9.17) is 9.81 Å². The van der Waals surface area contributed by atoms with Crippen LogP contribution in [0.25, 0.3) is 0 Å². The molecule has 1 unspecified atom stereocenters. The van der Waals surface area contributed by atoms with Gasteiger partial charge >= 0.3 is 0 Å². The van der Waals surface area contributed by atoms with Crippen molar-refractivity contribution in [2.45, 2.75) is 19.3 Å². The lowest BCUT2D eigenvalue weighted by molar-refractivity contribution is 0.246. The molecule has 0 radical (unpaired) electrons. The molecule has 1 aliphatic rings. The summed E-state index contributed by atoms with van der Waals surface area (Å²) in [6.07, 6.45) is 2.59. The fraction of sp³-hybridized carbons (Fsp3) is 0.833. The highest BCUT2D eigenvalue weighted by atomic mass is 32.2. The van der Waals surface area contributed by atoms with E-state index in [-0.39, 0.29) is 5.75 Å². The van der Waals surface area contributed by atoms with Crippen LogP contribution in [-0.2, 0) is 11.1 Å². The SMILES string of the molecule is N#CC1(CS(=O)O)CCC1. The van der Waals surface area contributed by atoms with Gasteiger partial charge in [0, 0.05) is 0 Å². The average molecular weight is 159 g/mol. The van der Waals surface area contributed by atoms with E-state index in [9.17, 15) is 4.21 Å². The third-order valence-corrected chi connectivity index (χ3v) is 2.75. The zero-order valence-electron chi connectivity index (χ0n) is 5.54. The Hall–Kier alpha value is -0.400. The smallest absolute Gasteiger partial charge is 0.154 e. The Labute approximate surface area is 62.3 Å². The quantitative estimate of drug-likeness (QED) is 0.609. The number of nitriles is 1. The summed E-state index contributed by atoms with van der Waals surface area (Å²) in [5, 5.41) is 8.59. The molecule has 0 spiro atoms. The molecule has 1 atom stereocenters. The lowest BCUT2D eigenvalue weighted by Crippen LogP contribution is -2.33. The molecule has 0 amide bonds. The number of hydrogen-bond acceptors (Lipinski definition) is 2. The van der Waals surface area contributed by atoms with Crippen LogP contribution in [0.15, 0.2) is 0 Å². The van der Waals surface area contributed by atoms with Crippen LogP contribution in [0.4, 0.5) is 0 Å². The third-order valence-electron chi connectivity index (χ3n) is 1.95. The second-order valence-corrected chi connectivity index (χ2v) is 3.64. The standard InChI is InChI=1S/C6H9NO2S/c7-4-6(2-1-3-6)5-10(8)9/h1-3,5H2,(H,8,9). The van der Waals surface area contributed by atoms with Crippen LogP contribution in [0.3, 0.4) is 0 Å². The summed E-state index contributed by atoms with van der Waals surface area (Å²) >= 11 is -1.81. The molecular formula is C6H9NO2S. The van der Waals surface area contributed by atoms with E-state index < -0.39 is 16.5 Å². The molecule has 0 aromatic rings. The highest BCUT2D eigenvalue weighted by molar-refractivity contribution is 7.79. The van der Waals surface area contributed by atoms with Crippen molar-refractivity contribution in [3.05, 3.63) is 0 Å². The van der Waals surface area contributed by atoms with E-state index in [0.29, 0.717) is 0 Å². The molecule has 10 heavy (non-hydrogen) atoms. The summed E-state index contributed by atoms with van der Waals surface area (Å²) in [7, 11) is 0. The Morgan fingerprint density at radius 1 is 1.70 bits per heavy atom. The van der Waals surface area contributed by atoms with Gasteiger partial charge in [-0.3, -0.25) is 0 Å². The highest BCUT2D eigenvalue weighted by Crippen LogP contribution is 2.40. The predicted octanol–water partition coefficient (Wildman–Crippen LogP) is 0.902. The van der Waals surface area contributed by atoms with E-state index in [1.54, 1.807) is 0 Å². The Balaban J connectivity index is 2.51. The summed E-state index contributed by atoms with van der Waals surface area (Å²) in [6, 6.07) is 2.09. The second-order valence-electron chi connectivity index (χ2n) is 2.71. The van der Waals surface area contributed by atoms with Gasteiger partial charge in [0.15, 0.2) is 11.1 Å². The topological polar surface area (TPSA) is 61.1 Å². The third kappa shape index (κ3) is 1.36. The Morgan fingerprint density at radius 2 is 2.30 bits per heavy atom. The molecule has 0 heterocycles. The molecule has 0 saturated heterocycles. The van der Waals surface area contributed by atoms with E-state index in [0.717, 1.165) is 19.3 Å². The minimum atomic E-state index is -1.81. The molecule has 0 aromatic carbocycles. The van der Waals surface area contributed by atoms with Crippen molar-refractivity contribution in [1.29, 1.82) is 5.26 Å². The van der Waals surface area contributed by atoms with Crippen molar-refractivity contribution in [3.63, 3.8) is 0 Å². The molecule has 4 heteroatoms. The van der Waals surface area contributed by atoms with E-state index in [1.807, 2.05) is 0 Å². The first kappa shape index (κ1) is 7.70. The Morgan fingerprint density at radius 3 is 2.40 bits per heavy atom. The molecule has 1 rings (SSSR count). The van der Waals surface area contributed by atoms with Crippen LogP contribution in [-0.4, -0.2) is 14.5 Å². The Kier molecular flexibility index (Phi) is 2.07. The molecule has 1 fully saturated rings. The van der Waals surface area contributed by atoms with E-state index in [1.165, 1.54) is 0 Å². The molecule has 1 N–H and O–H groups in total. The van der Waals surface area contributed by atoms with E-state index >= 15 is 0 Å². The van der Waals surface area contributed by atoms with Crippen LogP contribution in [0.1, 0.15) is 19.3 Å². The van der Waals surface area contributed by atoms with Crippen molar-refractivity contribution < 1.29 is 8.76 Å². The van der Waals surface area contributed by atoms with Crippen molar-refractivity contribution in [3.8, 4) is 6.07 Å². The maximum Gasteiger partial charge on any atom is 0.154 e. The van der Waals surface area contributed by atoms with Crippen LogP contribution < -0.4 is 0 Å². The van der Waals surface area contributed by atoms with Gasteiger partial charge in [0.05, 0.1) is 17.2 Å². The fourth-order valence-corrected chi connectivity index (χ4v) is 1.95. The molecule has 3 nitrogen and oxygen atoms in total. The maximum atomic E-state index is 10.3. The number of hydrogen-bond donors (Lipinski definition) is 1. The normalized spacial score (nSPS) is 24.4. The molecule has 0 aliphatic heterocycles. The molecule has 0 bridgehead atoms. The van der Waals surface area contributed by atoms with Gasteiger partial charge in [-0.15, -0.1) is 0 Å². The molecule has 56 valence electrons. The van der Waals surface area contributed by atoms with Crippen LogP contribution in [0.2, 0.25) is 0 Å². The molecule has 1 aliphatic carbocycles. The van der Waals surface area contributed by atoms with Crippen molar-refractivity contribution in [2.75, 3.05) is 5.75 Å². The van der Waals surface area contributed by atoms with Crippen molar-refractivity contribution >= 4 is 11.1 Å². The summed E-state index contributed by atoms with van der Waals surface area (Å²) in [4.78, 5) is 0. The zero-order chi connectivity index (χ0) is 7.61. The fourth-order valence-electron chi connectivity index (χ4n) is 1.13. The van der Waals surface area contributed by atoms with Crippen LogP contribution >= 0.6 is 0 Å². The first-order chi connectivity index (χ1) is 4.68. The number of nitrogens with zero attached hydrogens (tertiary/aromatic N) is 1. The average Bonchev–Trinajstić information content (AvgIpc) is 1.78. The van der Waals surface area contributed by atoms with Gasteiger partial charge in [0.25, 0.3) is 0 Å². The van der Waals surface area contributed by atoms with Gasteiger partial charge in [-0.25, -0.2) is 4.21 Å². The van der Waals surface area contributed by atoms with Gasteiger partial charge in [0.2, 0.25) is 0 Å². The van der Waals surface area contributed by atoms with Crippen LogP contribution in [0.5, 0.6) is 0 Å². The van der Waals surface area contributed by atoms with Gasteiger partial charge < -0.3 is 4.55 Å². The van der Waals surface area contributed by atoms with E-state index in [2.05, 4.69) is 6.07 Å². The molecular weight excluding hydrogens is 150 g/mol. The largest absolute Gasteiger partial charge is 0.306 e. The zero-order valence-corrected chi connectivity index (χ0v) is 6.36. The second kappa shape index (κ2) is 2.69. The first-order valence-corrected chi connectivity index (χ1v) is 4.45. The summed E-state index contributed by atoms with van der Waals surface area (Å²) in [6.45, 7) is 0. The minimum absolute atomic E-state index is 0.128. The van der Waals surface area contributed by atoms with Crippen molar-refractivity contribution in [1.82, 2.24) is 0 Å². The monoisotopic (exact) mass is 159 g/mol. The first-order valence-electron chi connectivity index (χ1n) is 3.17. The molecule has 0 aromatic heterocycles. The van der Waals surface area contributed by atoms with Gasteiger partial charge in [-0.2, -0.15) is 5.26 Å². The highest BCUT2D eigenvalue weighted by Gasteiger charge is 2.38. The number of rotatable bonds is 2.